The average Bonchev–Trinajstić information content (AvgIpc) is 2.87. The summed E-state index contributed by atoms with van der Waals surface area (Å²) in [5.41, 5.74) is -0.490. The van der Waals surface area contributed by atoms with Gasteiger partial charge in [-0.1, -0.05) is 12.2 Å². The monoisotopic (exact) mass is 269 g/mol. The topological polar surface area (TPSA) is 63.0 Å². The van der Waals surface area contributed by atoms with E-state index >= 15 is 0 Å². The van der Waals surface area contributed by atoms with Crippen molar-refractivity contribution >= 4 is 5.97 Å². The summed E-state index contributed by atoms with van der Waals surface area (Å²) >= 11 is 0. The van der Waals surface area contributed by atoms with Gasteiger partial charge >= 0.3 is 5.97 Å². The van der Waals surface area contributed by atoms with Crippen molar-refractivity contribution in [2.75, 3.05) is 6.61 Å². The van der Waals surface area contributed by atoms with Gasteiger partial charge < -0.3 is 9.94 Å². The molecule has 5 nitrogen and oxygen atoms in total. The van der Waals surface area contributed by atoms with Crippen molar-refractivity contribution in [2.24, 2.45) is 11.8 Å². The minimum Gasteiger partial charge on any atom is -0.600 e. The predicted molar refractivity (Wildman–Crippen MR) is 69.9 cm³/mol. The van der Waals surface area contributed by atoms with Crippen molar-refractivity contribution in [3.05, 3.63) is 17.4 Å². The number of hydroxylamine groups is 2. The molecule has 1 fully saturated rings. The van der Waals surface area contributed by atoms with Crippen molar-refractivity contribution in [3.8, 4) is 0 Å². The lowest BCUT2D eigenvalue weighted by atomic mass is 10.0. The van der Waals surface area contributed by atoms with Gasteiger partial charge in [0, 0.05) is 12.3 Å². The maximum absolute atomic E-state index is 11.9. The van der Waals surface area contributed by atoms with Crippen LogP contribution in [0.2, 0.25) is 0 Å². The largest absolute Gasteiger partial charge is 0.600 e. The van der Waals surface area contributed by atoms with Crippen LogP contribution in [0.5, 0.6) is 0 Å². The second-order valence-corrected chi connectivity index (χ2v) is 6.39. The highest BCUT2D eigenvalue weighted by atomic mass is 16.9. The molecule has 1 saturated carbocycles. The lowest BCUT2D eigenvalue weighted by molar-refractivity contribution is -1.07. The van der Waals surface area contributed by atoms with Crippen LogP contribution in [0.4, 0.5) is 0 Å². The van der Waals surface area contributed by atoms with Gasteiger partial charge in [0.15, 0.2) is 0 Å². The zero-order chi connectivity index (χ0) is 14.0. The molecular weight excluding hydrogens is 246 g/mol. The zero-order valence-corrected chi connectivity index (χ0v) is 11.8. The van der Waals surface area contributed by atoms with Crippen LogP contribution in [0.15, 0.2) is 12.2 Å². The first-order valence-corrected chi connectivity index (χ1v) is 6.92. The molecular formula is C14H23NO4. The first-order chi connectivity index (χ1) is 8.85. The summed E-state index contributed by atoms with van der Waals surface area (Å²) in [4.78, 5) is 16.7. The molecule has 2 bridgehead atoms. The summed E-state index contributed by atoms with van der Waals surface area (Å²) in [5.74, 6) is 0.570. The van der Waals surface area contributed by atoms with Gasteiger partial charge in [0.25, 0.3) is 0 Å². The molecule has 5 heteroatoms. The van der Waals surface area contributed by atoms with Crippen molar-refractivity contribution in [1.82, 2.24) is 0 Å². The maximum Gasteiger partial charge on any atom is 0.308 e. The molecule has 2 rings (SSSR count). The Morgan fingerprint density at radius 3 is 2.63 bits per heavy atom. The van der Waals surface area contributed by atoms with Gasteiger partial charge in [-0.15, -0.1) is 0 Å². The smallest absolute Gasteiger partial charge is 0.308 e. The molecule has 1 N–H and O–H groups in total. The minimum absolute atomic E-state index is 0.00589. The number of rotatable bonds is 5. The predicted octanol–water partition coefficient (Wildman–Crippen LogP) is 0.997. The van der Waals surface area contributed by atoms with Crippen LogP contribution < -0.4 is 5.23 Å². The van der Waals surface area contributed by atoms with E-state index in [-0.39, 0.29) is 30.3 Å². The van der Waals surface area contributed by atoms with Crippen LogP contribution in [0, 0.1) is 17.0 Å². The molecule has 0 aromatic rings. The summed E-state index contributed by atoms with van der Waals surface area (Å²) in [7, 11) is 0. The highest BCUT2D eigenvalue weighted by Crippen LogP contribution is 2.37. The molecule has 4 unspecified atom stereocenters. The van der Waals surface area contributed by atoms with Crippen molar-refractivity contribution in [3.63, 3.8) is 0 Å². The summed E-state index contributed by atoms with van der Waals surface area (Å²) in [6.45, 7) is 5.57. The van der Waals surface area contributed by atoms with Crippen LogP contribution in [0.3, 0.4) is 0 Å². The van der Waals surface area contributed by atoms with Gasteiger partial charge in [-0.25, -0.2) is 10.1 Å². The maximum atomic E-state index is 11.9. The number of ether oxygens (including phenoxy) is 1. The number of quaternary nitrogens is 1. The molecule has 0 heterocycles. The molecule has 19 heavy (non-hydrogen) atoms. The van der Waals surface area contributed by atoms with Crippen LogP contribution in [-0.2, 0) is 14.4 Å². The fourth-order valence-electron chi connectivity index (χ4n) is 2.79. The SMILES string of the molecule is CC(C)(C)OC(=O)CCO[NH+]([O-])C1CC2C=CC1C2. The van der Waals surface area contributed by atoms with E-state index in [0.717, 1.165) is 12.8 Å². The molecule has 0 spiro atoms. The minimum atomic E-state index is -0.490. The van der Waals surface area contributed by atoms with Crippen molar-refractivity contribution in [2.45, 2.75) is 51.7 Å². The first-order valence-electron chi connectivity index (χ1n) is 6.92. The number of nitrogens with one attached hydrogen (secondary N) is 1. The van der Waals surface area contributed by atoms with E-state index in [2.05, 4.69) is 12.2 Å². The summed E-state index contributed by atoms with van der Waals surface area (Å²) in [5, 5.41) is 11.7. The third-order valence-corrected chi connectivity index (χ3v) is 3.55. The third kappa shape index (κ3) is 4.03. The highest BCUT2D eigenvalue weighted by Gasteiger charge is 2.40. The van der Waals surface area contributed by atoms with E-state index in [9.17, 15) is 10.0 Å². The second-order valence-electron chi connectivity index (χ2n) is 6.39. The Labute approximate surface area is 114 Å². The normalized spacial score (nSPS) is 30.6. The van der Waals surface area contributed by atoms with Gasteiger partial charge in [-0.2, -0.15) is 0 Å². The van der Waals surface area contributed by atoms with Crippen molar-refractivity contribution < 1.29 is 19.6 Å². The molecule has 0 aliphatic heterocycles. The Balaban J connectivity index is 1.66. The van der Waals surface area contributed by atoms with Gasteiger partial charge in [-0.05, 0) is 33.1 Å². The molecule has 2 aliphatic rings. The van der Waals surface area contributed by atoms with Crippen LogP contribution >= 0.6 is 0 Å². The molecule has 0 amide bonds. The van der Waals surface area contributed by atoms with E-state index in [1.807, 2.05) is 20.8 Å². The molecule has 108 valence electrons. The van der Waals surface area contributed by atoms with E-state index in [1.54, 1.807) is 0 Å². The van der Waals surface area contributed by atoms with E-state index in [1.165, 1.54) is 0 Å². The summed E-state index contributed by atoms with van der Waals surface area (Å²) in [6.07, 6.45) is 6.40. The van der Waals surface area contributed by atoms with Crippen molar-refractivity contribution in [1.29, 1.82) is 0 Å². The Bertz CT molecular complexity index is 361. The van der Waals surface area contributed by atoms with Gasteiger partial charge in [0.1, 0.15) is 18.2 Å². The van der Waals surface area contributed by atoms with Gasteiger partial charge in [-0.3, -0.25) is 4.79 Å². The third-order valence-electron chi connectivity index (χ3n) is 3.55. The standard InChI is InChI=1S/C14H23NO4/c1-14(2,3)19-13(16)6-7-18-15(17)12-9-10-4-5-11(12)8-10/h4-5,10-12,15H,6-9H2,1-3H3. The van der Waals surface area contributed by atoms with E-state index in [4.69, 9.17) is 9.57 Å². The van der Waals surface area contributed by atoms with Gasteiger partial charge in [0.05, 0.1) is 6.42 Å². The number of hydrogen-bond donors (Lipinski definition) is 1. The lowest BCUT2D eigenvalue weighted by Gasteiger charge is -2.30. The van der Waals surface area contributed by atoms with Gasteiger partial charge in [0.2, 0.25) is 0 Å². The Morgan fingerprint density at radius 1 is 1.37 bits per heavy atom. The lowest BCUT2D eigenvalue weighted by Crippen LogP contribution is -3.11. The molecule has 4 atom stereocenters. The number of fused-ring (bicyclic) bond motifs is 2. The Hall–Kier alpha value is -0.910. The molecule has 0 aromatic carbocycles. The van der Waals surface area contributed by atoms with Crippen LogP contribution in [0.25, 0.3) is 0 Å². The molecule has 0 saturated heterocycles. The zero-order valence-electron chi connectivity index (χ0n) is 11.8. The Kier molecular flexibility index (Phi) is 4.28. The first kappa shape index (κ1) is 14.5. The molecule has 0 aromatic heterocycles. The van der Waals surface area contributed by atoms with E-state index in [0.29, 0.717) is 11.8 Å². The number of allylic oxidation sites excluding steroid dienone is 1. The molecule has 2 aliphatic carbocycles. The molecule has 0 radical (unpaired) electrons. The Morgan fingerprint density at radius 2 is 2.11 bits per heavy atom. The number of hydrogen-bond acceptors (Lipinski definition) is 4. The van der Waals surface area contributed by atoms with E-state index < -0.39 is 5.60 Å². The number of esters is 1. The quantitative estimate of drug-likeness (QED) is 0.459. The fourth-order valence-corrected chi connectivity index (χ4v) is 2.79. The number of carbonyl (C=O) groups excluding carboxylic acids is 1. The fraction of sp³-hybridized carbons (Fsp3) is 0.786. The summed E-state index contributed by atoms with van der Waals surface area (Å²) in [6, 6.07) is -0.00589. The van der Waals surface area contributed by atoms with Crippen LogP contribution in [0.1, 0.15) is 40.0 Å². The van der Waals surface area contributed by atoms with Crippen LogP contribution in [-0.4, -0.2) is 24.2 Å². The summed E-state index contributed by atoms with van der Waals surface area (Å²) < 4.78 is 5.15. The average molecular weight is 269 g/mol. The number of carbonyl (C=O) groups is 1. The second kappa shape index (κ2) is 5.61. The highest BCUT2D eigenvalue weighted by molar-refractivity contribution is 5.69.